The Bertz CT molecular complexity index is 761. The highest BCUT2D eigenvalue weighted by Gasteiger charge is 2.28. The van der Waals surface area contributed by atoms with Gasteiger partial charge in [-0.25, -0.2) is 9.18 Å². The summed E-state index contributed by atoms with van der Waals surface area (Å²) >= 11 is 1.32. The first-order valence-corrected chi connectivity index (χ1v) is 9.86. The van der Waals surface area contributed by atoms with Gasteiger partial charge in [-0.15, -0.1) is 10.2 Å². The number of alkyl carbamates (subject to hydrolysis) is 1. The van der Waals surface area contributed by atoms with Crippen LogP contribution in [0.5, 0.6) is 0 Å². The molecule has 1 amide bonds. The molecule has 0 aliphatic heterocycles. The first-order valence-electron chi connectivity index (χ1n) is 8.88. The quantitative estimate of drug-likeness (QED) is 0.656. The highest BCUT2D eigenvalue weighted by molar-refractivity contribution is 7.98. The zero-order valence-corrected chi connectivity index (χ0v) is 17.1. The van der Waals surface area contributed by atoms with E-state index in [9.17, 15) is 9.18 Å². The molecule has 1 N–H and O–H groups in total. The maximum absolute atomic E-state index is 13.3. The first kappa shape index (κ1) is 21.2. The van der Waals surface area contributed by atoms with Gasteiger partial charge in [0, 0.05) is 5.75 Å². The highest BCUT2D eigenvalue weighted by Crippen LogP contribution is 2.28. The smallest absolute Gasteiger partial charge is 0.408 e. The molecule has 148 valence electrons. The topological polar surface area (TPSA) is 77.2 Å². The molecular formula is C19H26FN3O3S. The van der Waals surface area contributed by atoms with Gasteiger partial charge in [0.15, 0.2) is 0 Å². The summed E-state index contributed by atoms with van der Waals surface area (Å²) in [5, 5.41) is 11.3. The fourth-order valence-electron chi connectivity index (χ4n) is 2.29. The Kier molecular flexibility index (Phi) is 7.24. The van der Waals surface area contributed by atoms with Gasteiger partial charge in [0.2, 0.25) is 5.89 Å². The molecule has 0 unspecified atom stereocenters. The van der Waals surface area contributed by atoms with Gasteiger partial charge < -0.3 is 14.5 Å². The Hall–Kier alpha value is -2.09. The van der Waals surface area contributed by atoms with Crippen LogP contribution in [0.2, 0.25) is 0 Å². The Balaban J connectivity index is 2.05. The highest BCUT2D eigenvalue weighted by atomic mass is 32.2. The summed E-state index contributed by atoms with van der Waals surface area (Å²) in [6.07, 6.45) is 0.286. The van der Waals surface area contributed by atoms with E-state index in [0.29, 0.717) is 16.9 Å². The number of benzene rings is 1. The van der Waals surface area contributed by atoms with Gasteiger partial charge in [0.1, 0.15) is 17.5 Å². The molecule has 0 fully saturated rings. The van der Waals surface area contributed by atoms with E-state index in [-0.39, 0.29) is 11.7 Å². The third-order valence-corrected chi connectivity index (χ3v) is 4.71. The molecule has 1 aromatic heterocycles. The van der Waals surface area contributed by atoms with Crippen LogP contribution in [-0.4, -0.2) is 21.9 Å². The second-order valence-electron chi connectivity index (χ2n) is 7.33. The Labute approximate surface area is 163 Å². The van der Waals surface area contributed by atoms with E-state index in [2.05, 4.69) is 15.5 Å². The molecule has 1 aromatic carbocycles. The molecule has 0 saturated carbocycles. The Morgan fingerprint density at radius 2 is 2.11 bits per heavy atom. The average Bonchev–Trinajstić information content (AvgIpc) is 3.04. The number of rotatable bonds is 7. The van der Waals surface area contributed by atoms with Gasteiger partial charge in [0.25, 0.3) is 5.22 Å². The average molecular weight is 396 g/mol. The minimum absolute atomic E-state index is 0.0824. The summed E-state index contributed by atoms with van der Waals surface area (Å²) in [4.78, 5) is 12.1. The molecule has 6 nitrogen and oxygen atoms in total. The van der Waals surface area contributed by atoms with Crippen LogP contribution in [-0.2, 0) is 10.5 Å². The monoisotopic (exact) mass is 395 g/mol. The van der Waals surface area contributed by atoms with Crippen molar-refractivity contribution in [3.05, 3.63) is 41.5 Å². The van der Waals surface area contributed by atoms with Crippen LogP contribution in [0.4, 0.5) is 9.18 Å². The van der Waals surface area contributed by atoms with Crippen LogP contribution in [0, 0.1) is 11.7 Å². The predicted octanol–water partition coefficient (Wildman–Crippen LogP) is 5.11. The SMILES string of the molecule is CC[C@@H](C)[C@@H](NC(=O)OC(C)(C)C)c1nnc(SCc2cccc(F)c2)o1. The molecule has 0 spiro atoms. The van der Waals surface area contributed by atoms with Crippen LogP contribution in [0.3, 0.4) is 0 Å². The number of amides is 1. The maximum atomic E-state index is 13.3. The van der Waals surface area contributed by atoms with Gasteiger partial charge in [-0.3, -0.25) is 0 Å². The normalized spacial score (nSPS) is 13.9. The standard InChI is InChI=1S/C19H26FN3O3S/c1-6-12(2)15(21-17(24)26-19(3,4)5)16-22-23-18(25-16)27-11-13-8-7-9-14(20)10-13/h7-10,12,15H,6,11H2,1-5H3,(H,21,24)/t12-,15-/m1/s1. The van der Waals surface area contributed by atoms with Crippen LogP contribution >= 0.6 is 11.8 Å². The Morgan fingerprint density at radius 1 is 1.37 bits per heavy atom. The van der Waals surface area contributed by atoms with Crippen molar-refractivity contribution in [3.8, 4) is 0 Å². The van der Waals surface area contributed by atoms with Gasteiger partial charge in [-0.2, -0.15) is 0 Å². The van der Waals surface area contributed by atoms with Crippen molar-refractivity contribution in [2.75, 3.05) is 0 Å². The second kappa shape index (κ2) is 9.21. The summed E-state index contributed by atoms with van der Waals surface area (Å²) in [7, 11) is 0. The van der Waals surface area contributed by atoms with Crippen LogP contribution in [0.1, 0.15) is 58.5 Å². The number of ether oxygens (including phenoxy) is 1. The van der Waals surface area contributed by atoms with Crippen molar-refractivity contribution in [2.24, 2.45) is 5.92 Å². The fraction of sp³-hybridized carbons (Fsp3) is 0.526. The second-order valence-corrected chi connectivity index (χ2v) is 8.26. The molecule has 27 heavy (non-hydrogen) atoms. The first-order chi connectivity index (χ1) is 12.7. The van der Waals surface area contributed by atoms with Crippen molar-refractivity contribution in [1.29, 1.82) is 0 Å². The number of nitrogens with zero attached hydrogens (tertiary/aromatic N) is 2. The third kappa shape index (κ3) is 6.86. The number of aromatic nitrogens is 2. The van der Waals surface area contributed by atoms with Crippen molar-refractivity contribution in [2.45, 2.75) is 63.7 Å². The van der Waals surface area contributed by atoms with E-state index in [1.165, 1.54) is 23.9 Å². The minimum Gasteiger partial charge on any atom is -0.444 e. The molecule has 1 heterocycles. The van der Waals surface area contributed by atoms with Gasteiger partial charge in [0.05, 0.1) is 0 Å². The summed E-state index contributed by atoms with van der Waals surface area (Å²) in [6, 6.07) is 5.92. The molecule has 0 aliphatic rings. The summed E-state index contributed by atoms with van der Waals surface area (Å²) in [5.41, 5.74) is 0.232. The largest absolute Gasteiger partial charge is 0.444 e. The lowest BCUT2D eigenvalue weighted by Crippen LogP contribution is -2.37. The van der Waals surface area contributed by atoms with Crippen LogP contribution in [0.15, 0.2) is 33.9 Å². The lowest BCUT2D eigenvalue weighted by atomic mass is 9.99. The van der Waals surface area contributed by atoms with Gasteiger partial charge >= 0.3 is 6.09 Å². The molecule has 2 atom stereocenters. The summed E-state index contributed by atoms with van der Waals surface area (Å²) in [6.45, 7) is 9.42. The molecule has 8 heteroatoms. The van der Waals surface area contributed by atoms with E-state index in [1.54, 1.807) is 26.8 Å². The minimum atomic E-state index is -0.592. The molecule has 0 radical (unpaired) electrons. The van der Waals surface area contributed by atoms with Gasteiger partial charge in [-0.05, 0) is 44.4 Å². The van der Waals surface area contributed by atoms with E-state index in [4.69, 9.17) is 9.15 Å². The van der Waals surface area contributed by atoms with Gasteiger partial charge in [-0.1, -0.05) is 44.2 Å². The van der Waals surface area contributed by atoms with E-state index >= 15 is 0 Å². The van der Waals surface area contributed by atoms with Crippen molar-refractivity contribution in [1.82, 2.24) is 15.5 Å². The zero-order valence-electron chi connectivity index (χ0n) is 16.3. The molecule has 2 rings (SSSR count). The zero-order chi connectivity index (χ0) is 20.0. The molecule has 0 aliphatic carbocycles. The van der Waals surface area contributed by atoms with Crippen molar-refractivity contribution < 1.29 is 18.3 Å². The van der Waals surface area contributed by atoms with E-state index in [0.717, 1.165) is 12.0 Å². The lowest BCUT2D eigenvalue weighted by Gasteiger charge is -2.24. The molecule has 0 bridgehead atoms. The van der Waals surface area contributed by atoms with Crippen LogP contribution in [0.25, 0.3) is 0 Å². The summed E-state index contributed by atoms with van der Waals surface area (Å²) in [5.74, 6) is 0.640. The predicted molar refractivity (Wildman–Crippen MR) is 102 cm³/mol. The number of hydrogen-bond donors (Lipinski definition) is 1. The number of halogens is 1. The third-order valence-electron chi connectivity index (χ3n) is 3.82. The fourth-order valence-corrected chi connectivity index (χ4v) is 3.01. The number of nitrogens with one attached hydrogen (secondary N) is 1. The molecular weight excluding hydrogens is 369 g/mol. The maximum Gasteiger partial charge on any atom is 0.408 e. The van der Waals surface area contributed by atoms with E-state index in [1.807, 2.05) is 19.9 Å². The lowest BCUT2D eigenvalue weighted by molar-refractivity contribution is 0.0473. The van der Waals surface area contributed by atoms with Crippen LogP contribution < -0.4 is 5.32 Å². The molecule has 2 aromatic rings. The van der Waals surface area contributed by atoms with E-state index < -0.39 is 17.7 Å². The number of thioether (sulfide) groups is 1. The Morgan fingerprint density at radius 3 is 2.74 bits per heavy atom. The molecule has 0 saturated heterocycles. The number of carbonyl (C=O) groups excluding carboxylic acids is 1. The number of carbonyl (C=O) groups is 1. The summed E-state index contributed by atoms with van der Waals surface area (Å²) < 4.78 is 24.3. The van der Waals surface area contributed by atoms with Crippen molar-refractivity contribution in [3.63, 3.8) is 0 Å². The van der Waals surface area contributed by atoms with Crippen molar-refractivity contribution >= 4 is 17.9 Å². The number of hydrogen-bond acceptors (Lipinski definition) is 6.